The second-order valence-corrected chi connectivity index (χ2v) is 12.8. The van der Waals surface area contributed by atoms with Crippen molar-refractivity contribution in [2.75, 3.05) is 67.6 Å². The minimum atomic E-state index is -0.648. The molecular weight excluding hydrogens is 548 g/mol. The summed E-state index contributed by atoms with van der Waals surface area (Å²) in [5.41, 5.74) is 7.92. The number of hydrogen-bond acceptors (Lipinski definition) is 9. The van der Waals surface area contributed by atoms with E-state index in [1.54, 1.807) is 6.20 Å². The first-order valence-electron chi connectivity index (χ1n) is 15.6. The summed E-state index contributed by atoms with van der Waals surface area (Å²) in [6.45, 7) is 6.16. The molecule has 1 aromatic heterocycles. The van der Waals surface area contributed by atoms with Crippen LogP contribution in [-0.4, -0.2) is 102 Å². The quantitative estimate of drug-likeness (QED) is 0.500. The molecule has 3 amide bonds. The molecule has 12 heteroatoms. The number of piperidine rings is 2. The first-order chi connectivity index (χ1) is 20.9. The van der Waals surface area contributed by atoms with Crippen molar-refractivity contribution in [2.24, 2.45) is 11.1 Å². The third-order valence-electron chi connectivity index (χ3n) is 10.0. The highest BCUT2D eigenvalue weighted by Gasteiger charge is 2.45. The van der Waals surface area contributed by atoms with Crippen molar-refractivity contribution in [3.8, 4) is 0 Å². The van der Waals surface area contributed by atoms with Crippen LogP contribution in [0.4, 0.5) is 27.8 Å². The molecule has 0 bridgehead atoms. The van der Waals surface area contributed by atoms with Gasteiger partial charge in [0, 0.05) is 70.1 Å². The Morgan fingerprint density at radius 2 is 1.70 bits per heavy atom. The number of aromatic nitrogens is 2. The lowest BCUT2D eigenvalue weighted by Crippen LogP contribution is -2.50. The molecule has 1 aliphatic carbocycles. The van der Waals surface area contributed by atoms with Crippen LogP contribution >= 0.6 is 0 Å². The first-order valence-corrected chi connectivity index (χ1v) is 15.6. The Balaban J connectivity index is 1.02. The van der Waals surface area contributed by atoms with E-state index in [0.717, 1.165) is 95.7 Å². The Hall–Kier alpha value is -3.93. The Morgan fingerprint density at radius 3 is 2.37 bits per heavy atom. The fourth-order valence-corrected chi connectivity index (χ4v) is 7.50. The molecule has 1 saturated carbocycles. The molecule has 12 nitrogen and oxygen atoms in total. The van der Waals surface area contributed by atoms with E-state index in [1.165, 1.54) is 0 Å². The Bertz CT molecular complexity index is 1380. The molecule has 5 fully saturated rings. The summed E-state index contributed by atoms with van der Waals surface area (Å²) >= 11 is 0. The summed E-state index contributed by atoms with van der Waals surface area (Å²) in [4.78, 5) is 54.7. The van der Waals surface area contributed by atoms with Gasteiger partial charge in [-0.3, -0.25) is 9.59 Å². The second kappa shape index (κ2) is 11.3. The molecule has 0 radical (unpaired) electrons. The van der Waals surface area contributed by atoms with E-state index in [2.05, 4.69) is 32.2 Å². The summed E-state index contributed by atoms with van der Waals surface area (Å²) in [5, 5.41) is 3.27. The number of urea groups is 1. The molecule has 5 aliphatic rings. The van der Waals surface area contributed by atoms with Crippen molar-refractivity contribution in [3.63, 3.8) is 0 Å². The summed E-state index contributed by atoms with van der Waals surface area (Å²) in [5.74, 6) is 0.720. The van der Waals surface area contributed by atoms with Crippen LogP contribution in [0, 0.1) is 5.41 Å². The van der Waals surface area contributed by atoms with Crippen molar-refractivity contribution in [3.05, 3.63) is 36.2 Å². The topological polar surface area (TPSA) is 137 Å². The molecular formula is C31H40N8O4. The monoisotopic (exact) mass is 588 g/mol. The minimum absolute atomic E-state index is 0.0851. The van der Waals surface area contributed by atoms with E-state index in [9.17, 15) is 14.4 Å². The fourth-order valence-electron chi connectivity index (χ4n) is 7.50. The van der Waals surface area contributed by atoms with Gasteiger partial charge in [0.15, 0.2) is 11.5 Å². The molecule has 2 aromatic rings. The number of benzene rings is 1. The third kappa shape index (κ3) is 5.48. The predicted octanol–water partition coefficient (Wildman–Crippen LogP) is 2.76. The van der Waals surface area contributed by atoms with Crippen LogP contribution in [0.15, 0.2) is 30.5 Å². The molecule has 4 aliphatic heterocycles. The van der Waals surface area contributed by atoms with Gasteiger partial charge in [-0.2, -0.15) is 0 Å². The van der Waals surface area contributed by atoms with Crippen LogP contribution in [-0.2, 0) is 9.53 Å². The summed E-state index contributed by atoms with van der Waals surface area (Å²) < 4.78 is 5.52. The summed E-state index contributed by atoms with van der Waals surface area (Å²) in [6, 6.07) is 8.45. The number of anilines is 4. The Morgan fingerprint density at radius 1 is 0.953 bits per heavy atom. The van der Waals surface area contributed by atoms with Gasteiger partial charge in [-0.05, 0) is 61.8 Å². The van der Waals surface area contributed by atoms with Gasteiger partial charge in [0.25, 0.3) is 5.91 Å². The number of ether oxygens (including phenoxy) is 1. The molecule has 43 heavy (non-hydrogen) atoms. The van der Waals surface area contributed by atoms with Gasteiger partial charge in [0.2, 0.25) is 0 Å². The van der Waals surface area contributed by atoms with Crippen LogP contribution in [0.5, 0.6) is 0 Å². The largest absolute Gasteiger partial charge is 0.379 e. The van der Waals surface area contributed by atoms with Crippen molar-refractivity contribution in [2.45, 2.75) is 57.0 Å². The lowest BCUT2D eigenvalue weighted by Gasteiger charge is -2.47. The zero-order valence-electron chi connectivity index (χ0n) is 24.5. The number of nitrogens with one attached hydrogen (secondary N) is 1. The van der Waals surface area contributed by atoms with Crippen molar-refractivity contribution < 1.29 is 19.1 Å². The van der Waals surface area contributed by atoms with E-state index >= 15 is 0 Å². The van der Waals surface area contributed by atoms with Crippen molar-refractivity contribution >= 4 is 40.7 Å². The Kier molecular flexibility index (Phi) is 7.32. The normalized spacial score (nSPS) is 25.4. The van der Waals surface area contributed by atoms with Crippen LogP contribution < -0.4 is 20.9 Å². The van der Waals surface area contributed by atoms with E-state index in [1.807, 2.05) is 21.9 Å². The van der Waals surface area contributed by atoms with Gasteiger partial charge in [-0.15, -0.1) is 0 Å². The molecule has 228 valence electrons. The zero-order chi connectivity index (χ0) is 29.6. The molecule has 1 spiro atoms. The van der Waals surface area contributed by atoms with E-state index in [0.29, 0.717) is 30.6 Å². The van der Waals surface area contributed by atoms with Crippen molar-refractivity contribution in [1.29, 1.82) is 0 Å². The predicted molar refractivity (Wildman–Crippen MR) is 162 cm³/mol. The first kappa shape index (κ1) is 27.9. The average Bonchev–Trinajstić information content (AvgIpc) is 3.67. The van der Waals surface area contributed by atoms with E-state index in [-0.39, 0.29) is 29.2 Å². The lowest BCUT2D eigenvalue weighted by molar-refractivity contribution is -0.133. The molecule has 1 aromatic carbocycles. The highest BCUT2D eigenvalue weighted by atomic mass is 16.5. The highest BCUT2D eigenvalue weighted by molar-refractivity contribution is 5.96. The molecule has 3 N–H and O–H groups in total. The molecule has 2 atom stereocenters. The number of ketones is 1. The SMILES string of the molecule is NC(=O)c1ncc(N2CCCC(N3CCN(C4CCOC4)C3=O)C2)nc1Nc1ccc(N2CCC3(CC2)CC(=O)C3)cc1. The number of nitrogens with zero attached hydrogens (tertiary/aromatic N) is 6. The maximum Gasteiger partial charge on any atom is 0.320 e. The third-order valence-corrected chi connectivity index (χ3v) is 10.0. The van der Waals surface area contributed by atoms with Crippen LogP contribution in [0.2, 0.25) is 0 Å². The van der Waals surface area contributed by atoms with Gasteiger partial charge < -0.3 is 35.4 Å². The van der Waals surface area contributed by atoms with Gasteiger partial charge in [-0.1, -0.05) is 0 Å². The minimum Gasteiger partial charge on any atom is -0.379 e. The highest BCUT2D eigenvalue weighted by Crippen LogP contribution is 2.47. The molecule has 7 rings (SSSR count). The summed E-state index contributed by atoms with van der Waals surface area (Å²) in [6.07, 6.45) is 7.98. The van der Waals surface area contributed by atoms with Gasteiger partial charge in [0.05, 0.1) is 24.9 Å². The number of Topliss-reactive ketones (excluding diaryl/α,β-unsaturated/α-hetero) is 1. The molecule has 5 heterocycles. The van der Waals surface area contributed by atoms with Gasteiger partial charge >= 0.3 is 6.03 Å². The Labute approximate surface area is 251 Å². The maximum absolute atomic E-state index is 13.3. The number of carbonyl (C=O) groups is 3. The number of rotatable bonds is 7. The molecule has 2 unspecified atom stereocenters. The number of carbonyl (C=O) groups excluding carboxylic acids is 3. The number of hydrogen-bond donors (Lipinski definition) is 2. The van der Waals surface area contributed by atoms with Gasteiger partial charge in [0.1, 0.15) is 11.6 Å². The smallest absolute Gasteiger partial charge is 0.320 e. The average molecular weight is 589 g/mol. The number of nitrogens with two attached hydrogens (primary N) is 1. The lowest BCUT2D eigenvalue weighted by atomic mass is 9.62. The number of primary amides is 1. The fraction of sp³-hybridized carbons (Fsp3) is 0.581. The zero-order valence-corrected chi connectivity index (χ0v) is 24.5. The second-order valence-electron chi connectivity index (χ2n) is 12.8. The standard InChI is InChI=1S/C31H40N8O4/c32-28(41)27-29(34-21-3-5-22(6-4-21)36-11-8-31(9-12-36)16-25(40)17-31)35-26(18-33-27)37-10-1-2-23(19-37)38-13-14-39(30(38)42)24-7-15-43-20-24/h3-6,18,23-24H,1-2,7-17,19-20H2,(H2,32,41)(H,34,35). The van der Waals surface area contributed by atoms with Crippen molar-refractivity contribution in [1.82, 2.24) is 19.8 Å². The van der Waals surface area contributed by atoms with Crippen LogP contribution in [0.1, 0.15) is 55.4 Å². The summed E-state index contributed by atoms with van der Waals surface area (Å²) in [7, 11) is 0. The number of amides is 3. The maximum atomic E-state index is 13.3. The van der Waals surface area contributed by atoms with Crippen LogP contribution in [0.3, 0.4) is 0 Å². The van der Waals surface area contributed by atoms with E-state index < -0.39 is 5.91 Å². The molecule has 4 saturated heterocycles. The van der Waals surface area contributed by atoms with E-state index in [4.69, 9.17) is 15.5 Å². The van der Waals surface area contributed by atoms with Gasteiger partial charge in [-0.25, -0.2) is 14.8 Å². The van der Waals surface area contributed by atoms with Crippen LogP contribution in [0.25, 0.3) is 0 Å².